The highest BCUT2D eigenvalue weighted by molar-refractivity contribution is 5.80. The molecule has 4 heteroatoms. The van der Waals surface area contributed by atoms with Gasteiger partial charge in [-0.1, -0.05) is 95.2 Å². The van der Waals surface area contributed by atoms with E-state index in [2.05, 4.69) is 0 Å². The molecule has 148 valence electrons. The van der Waals surface area contributed by atoms with Gasteiger partial charge in [0.05, 0.1) is 0 Å². The molecule has 0 heterocycles. The molecule has 4 nitrogen and oxygen atoms in total. The largest absolute Gasteiger partial charge is 0.478 e. The van der Waals surface area contributed by atoms with E-state index in [0.29, 0.717) is 0 Å². The van der Waals surface area contributed by atoms with Gasteiger partial charge in [0.2, 0.25) is 0 Å². The Morgan fingerprint density at radius 2 is 0.750 bits per heavy atom. The van der Waals surface area contributed by atoms with E-state index >= 15 is 0 Å². The van der Waals surface area contributed by atoms with E-state index in [9.17, 15) is 9.59 Å². The van der Waals surface area contributed by atoms with Crippen LogP contribution in [0.3, 0.4) is 0 Å². The Morgan fingerprint density at radius 3 is 1.07 bits per heavy atom. The van der Waals surface area contributed by atoms with Crippen LogP contribution >= 0.6 is 0 Å². The summed E-state index contributed by atoms with van der Waals surface area (Å²) >= 11 is 0. The number of carboxylic acids is 2. The maximum Gasteiger partial charge on any atom is 0.328 e. The first kappa shape index (κ1) is 24.6. The van der Waals surface area contributed by atoms with Crippen molar-refractivity contribution in [2.24, 2.45) is 0 Å². The zero-order valence-corrected chi connectivity index (χ0v) is 16.8. The van der Waals surface area contributed by atoms with Crippen LogP contribution in [-0.4, -0.2) is 22.2 Å². The average Bonchev–Trinajstić information content (AvgIpc) is 2.61. The smallest absolute Gasteiger partial charge is 0.328 e. The fraction of sp³-hybridized carbons (Fsp3) is 0.167. The number of allylic oxidation sites excluding steroid dienone is 16. The minimum atomic E-state index is -0.961. The molecule has 0 saturated heterocycles. The van der Waals surface area contributed by atoms with Gasteiger partial charge in [-0.2, -0.15) is 0 Å². The molecule has 0 radical (unpaired) electrons. The lowest BCUT2D eigenvalue weighted by molar-refractivity contribution is -0.132. The molecular formula is C24H28O4. The molecular weight excluding hydrogens is 352 g/mol. The molecule has 0 saturated carbocycles. The van der Waals surface area contributed by atoms with Crippen LogP contribution in [0, 0.1) is 0 Å². The molecule has 0 aliphatic carbocycles. The zero-order chi connectivity index (χ0) is 21.4. The van der Waals surface area contributed by atoms with Crippen LogP contribution in [0.1, 0.15) is 27.7 Å². The number of carboxylic acid groups (broad SMARTS) is 2. The fourth-order valence-corrected chi connectivity index (χ4v) is 1.75. The van der Waals surface area contributed by atoms with Crippen molar-refractivity contribution in [3.05, 3.63) is 107 Å². The monoisotopic (exact) mass is 380 g/mol. The number of hydrogen-bond donors (Lipinski definition) is 2. The molecule has 0 bridgehead atoms. The number of hydrogen-bond acceptors (Lipinski definition) is 2. The van der Waals surface area contributed by atoms with Crippen LogP contribution in [0.25, 0.3) is 0 Å². The molecule has 28 heavy (non-hydrogen) atoms. The lowest BCUT2D eigenvalue weighted by Crippen LogP contribution is -1.85. The Balaban J connectivity index is 4.66. The second-order valence-corrected chi connectivity index (χ2v) is 6.09. The first-order chi connectivity index (χ1) is 13.2. The summed E-state index contributed by atoms with van der Waals surface area (Å²) in [6, 6.07) is 0. The molecule has 0 fully saturated rings. The molecule has 0 aromatic heterocycles. The Morgan fingerprint density at radius 1 is 0.464 bits per heavy atom. The van der Waals surface area contributed by atoms with Gasteiger partial charge >= 0.3 is 11.9 Å². The number of rotatable bonds is 10. The average molecular weight is 380 g/mol. The molecule has 0 aromatic carbocycles. The SMILES string of the molecule is CC(C=CC=C(C)C=CC(=O)O)=CC=CC=C(C)C=C/C=C(C)/C=C/C(=O)O. The fourth-order valence-electron chi connectivity index (χ4n) is 1.75. The summed E-state index contributed by atoms with van der Waals surface area (Å²) < 4.78 is 0. The summed E-state index contributed by atoms with van der Waals surface area (Å²) in [5.41, 5.74) is 3.84. The lowest BCUT2D eigenvalue weighted by atomic mass is 10.2. The predicted octanol–water partition coefficient (Wildman–Crippen LogP) is 5.72. The van der Waals surface area contributed by atoms with Crippen molar-refractivity contribution in [3.63, 3.8) is 0 Å². The number of carbonyl (C=O) groups is 2. The zero-order valence-electron chi connectivity index (χ0n) is 16.8. The normalized spacial score (nSPS) is 15.1. The third-order valence-corrected chi connectivity index (χ3v) is 3.24. The second kappa shape index (κ2) is 14.7. The minimum Gasteiger partial charge on any atom is -0.478 e. The Hall–Kier alpha value is -3.40. The van der Waals surface area contributed by atoms with Gasteiger partial charge in [-0.25, -0.2) is 9.59 Å². The van der Waals surface area contributed by atoms with Crippen LogP contribution in [-0.2, 0) is 9.59 Å². The highest BCUT2D eigenvalue weighted by atomic mass is 16.4. The van der Waals surface area contributed by atoms with E-state index in [0.717, 1.165) is 34.4 Å². The highest BCUT2D eigenvalue weighted by Crippen LogP contribution is 2.02. The van der Waals surface area contributed by atoms with Gasteiger partial charge in [-0.3, -0.25) is 0 Å². The van der Waals surface area contributed by atoms with E-state index in [1.54, 1.807) is 12.2 Å². The van der Waals surface area contributed by atoms with Crippen LogP contribution in [0.4, 0.5) is 0 Å². The van der Waals surface area contributed by atoms with Gasteiger partial charge in [0, 0.05) is 12.2 Å². The standard InChI is InChI=1S/C24H28O4/c1-19(11-7-13-21(3)15-17-23(25)26)9-5-6-10-20(2)12-8-14-22(4)16-18-24(27)28/h5-18H,1-4H3,(H,25,26)(H,27,28)/b6-5?,11-7?,12-8?,17-15+,18-16?,19-9?,20-10?,21-13+,22-14?. The van der Waals surface area contributed by atoms with Crippen molar-refractivity contribution >= 4 is 11.9 Å². The first-order valence-corrected chi connectivity index (χ1v) is 8.74. The van der Waals surface area contributed by atoms with Crippen molar-refractivity contribution in [3.8, 4) is 0 Å². The summed E-state index contributed by atoms with van der Waals surface area (Å²) in [6.45, 7) is 7.63. The van der Waals surface area contributed by atoms with Gasteiger partial charge in [-0.15, -0.1) is 0 Å². The van der Waals surface area contributed by atoms with Crippen molar-refractivity contribution < 1.29 is 19.8 Å². The van der Waals surface area contributed by atoms with E-state index in [4.69, 9.17) is 10.2 Å². The molecule has 0 aromatic rings. The molecule has 0 aliphatic heterocycles. The molecule has 0 aliphatic rings. The molecule has 0 atom stereocenters. The Kier molecular flexibility index (Phi) is 12.9. The van der Waals surface area contributed by atoms with Gasteiger partial charge in [0.15, 0.2) is 0 Å². The lowest BCUT2D eigenvalue weighted by Gasteiger charge is -1.90. The molecule has 0 rings (SSSR count). The van der Waals surface area contributed by atoms with Gasteiger partial charge in [0.25, 0.3) is 0 Å². The second-order valence-electron chi connectivity index (χ2n) is 6.09. The number of aliphatic carboxylic acids is 2. The molecule has 0 amide bonds. The van der Waals surface area contributed by atoms with Gasteiger partial charge < -0.3 is 10.2 Å². The first-order valence-electron chi connectivity index (χ1n) is 8.74. The molecule has 0 spiro atoms. The Labute approximate surface area is 167 Å². The quantitative estimate of drug-likeness (QED) is 0.375. The van der Waals surface area contributed by atoms with Crippen molar-refractivity contribution in [1.82, 2.24) is 0 Å². The van der Waals surface area contributed by atoms with E-state index < -0.39 is 11.9 Å². The summed E-state index contributed by atoms with van der Waals surface area (Å²) in [6.07, 6.45) is 24.5. The topological polar surface area (TPSA) is 74.6 Å². The molecule has 2 N–H and O–H groups in total. The summed E-state index contributed by atoms with van der Waals surface area (Å²) in [5.74, 6) is -1.92. The van der Waals surface area contributed by atoms with Crippen molar-refractivity contribution in [2.45, 2.75) is 27.7 Å². The summed E-state index contributed by atoms with van der Waals surface area (Å²) in [4.78, 5) is 20.9. The third-order valence-electron chi connectivity index (χ3n) is 3.24. The third kappa shape index (κ3) is 16.1. The van der Waals surface area contributed by atoms with Crippen LogP contribution < -0.4 is 0 Å². The highest BCUT2D eigenvalue weighted by Gasteiger charge is 1.86. The molecule has 0 unspecified atom stereocenters. The van der Waals surface area contributed by atoms with E-state index in [1.807, 2.05) is 88.5 Å². The Bertz CT molecular complexity index is 740. The van der Waals surface area contributed by atoms with E-state index in [-0.39, 0.29) is 0 Å². The van der Waals surface area contributed by atoms with Gasteiger partial charge in [-0.05, 0) is 27.7 Å². The maximum atomic E-state index is 10.4. The van der Waals surface area contributed by atoms with E-state index in [1.165, 1.54) is 0 Å². The van der Waals surface area contributed by atoms with Crippen LogP contribution in [0.2, 0.25) is 0 Å². The van der Waals surface area contributed by atoms with Gasteiger partial charge in [0.1, 0.15) is 0 Å². The predicted molar refractivity (Wildman–Crippen MR) is 116 cm³/mol. The van der Waals surface area contributed by atoms with Crippen LogP contribution in [0.5, 0.6) is 0 Å². The van der Waals surface area contributed by atoms with Crippen molar-refractivity contribution in [1.29, 1.82) is 0 Å². The van der Waals surface area contributed by atoms with Crippen molar-refractivity contribution in [2.75, 3.05) is 0 Å². The van der Waals surface area contributed by atoms with Crippen LogP contribution in [0.15, 0.2) is 107 Å². The summed E-state index contributed by atoms with van der Waals surface area (Å²) in [7, 11) is 0. The minimum absolute atomic E-state index is 0.857. The summed E-state index contributed by atoms with van der Waals surface area (Å²) in [5, 5.41) is 17.1. The maximum absolute atomic E-state index is 10.4.